The molecule has 1 unspecified atom stereocenters. The van der Waals surface area contributed by atoms with Crippen molar-refractivity contribution in [1.29, 1.82) is 0 Å². The second-order valence-corrected chi connectivity index (χ2v) is 3.07. The number of ether oxygens (including phenoxy) is 1. The van der Waals surface area contributed by atoms with Gasteiger partial charge >= 0.3 is 0 Å². The minimum absolute atomic E-state index is 0.215. The zero-order valence-electron chi connectivity index (χ0n) is 7.48. The van der Waals surface area contributed by atoms with Crippen molar-refractivity contribution in [2.45, 2.75) is 13.2 Å². The first-order valence-electron chi connectivity index (χ1n) is 4.06. The summed E-state index contributed by atoms with van der Waals surface area (Å²) in [7, 11) is 0. The fraction of sp³-hybridized carbons (Fsp3) is 0.222. The predicted octanol–water partition coefficient (Wildman–Crippen LogP) is -0.318. The second-order valence-electron chi connectivity index (χ2n) is 3.07. The molecule has 1 atom stereocenters. The number of hydrogen-bond donors (Lipinski definition) is 1. The lowest BCUT2D eigenvalue weighted by atomic mass is 10.1. The van der Waals surface area contributed by atoms with Crippen LogP contribution >= 0.6 is 0 Å². The zero-order chi connectivity index (χ0) is 10.3. The molecule has 0 saturated carbocycles. The molecule has 2 aliphatic rings. The Labute approximate surface area is 79.9 Å². The van der Waals surface area contributed by atoms with Crippen LogP contribution in [0, 0.1) is 0 Å². The number of hydrogen-bond acceptors (Lipinski definition) is 5. The molecule has 0 saturated heterocycles. The number of nitrogens with zero attached hydrogens (tertiary/aromatic N) is 1. The highest BCUT2D eigenvalue weighted by Crippen LogP contribution is 2.22. The molecule has 14 heavy (non-hydrogen) atoms. The van der Waals surface area contributed by atoms with E-state index in [-0.39, 0.29) is 23.0 Å². The molecule has 2 N–H and O–H groups in total. The SMILES string of the molecule is CC(=O)C1N=C2C(N)=CC(=O)C=C2O1. The Balaban J connectivity index is 2.39. The summed E-state index contributed by atoms with van der Waals surface area (Å²) in [6, 6.07) is 0. The minimum atomic E-state index is -0.853. The van der Waals surface area contributed by atoms with Crippen molar-refractivity contribution in [2.75, 3.05) is 0 Å². The van der Waals surface area contributed by atoms with Gasteiger partial charge in [0.1, 0.15) is 5.71 Å². The third-order valence-corrected chi connectivity index (χ3v) is 1.91. The van der Waals surface area contributed by atoms with Crippen LogP contribution in [0.2, 0.25) is 0 Å². The Morgan fingerprint density at radius 3 is 2.93 bits per heavy atom. The van der Waals surface area contributed by atoms with Crippen molar-refractivity contribution in [3.8, 4) is 0 Å². The van der Waals surface area contributed by atoms with Crippen molar-refractivity contribution in [1.82, 2.24) is 0 Å². The largest absolute Gasteiger partial charge is 0.459 e. The molecular weight excluding hydrogens is 184 g/mol. The van der Waals surface area contributed by atoms with Crippen LogP contribution in [-0.2, 0) is 14.3 Å². The van der Waals surface area contributed by atoms with Crippen LogP contribution in [0.15, 0.2) is 28.6 Å². The molecule has 0 bridgehead atoms. The average molecular weight is 192 g/mol. The number of ketones is 2. The number of aliphatic imine (C=N–C) groups is 1. The number of fused-ring (bicyclic) bond motifs is 1. The molecule has 5 nitrogen and oxygen atoms in total. The number of Topliss-reactive ketones (excluding diaryl/α,β-unsaturated/α-hetero) is 1. The van der Waals surface area contributed by atoms with E-state index >= 15 is 0 Å². The minimum Gasteiger partial charge on any atom is -0.459 e. The first-order chi connectivity index (χ1) is 6.58. The number of rotatable bonds is 1. The summed E-state index contributed by atoms with van der Waals surface area (Å²) in [5.41, 5.74) is 6.19. The highest BCUT2D eigenvalue weighted by Gasteiger charge is 2.31. The van der Waals surface area contributed by atoms with Gasteiger partial charge in [0.15, 0.2) is 17.3 Å². The van der Waals surface area contributed by atoms with Gasteiger partial charge in [-0.25, -0.2) is 4.99 Å². The van der Waals surface area contributed by atoms with Gasteiger partial charge in [-0.15, -0.1) is 0 Å². The summed E-state index contributed by atoms with van der Waals surface area (Å²) in [4.78, 5) is 26.0. The van der Waals surface area contributed by atoms with Crippen LogP contribution in [0.1, 0.15) is 6.92 Å². The molecular formula is C9H8N2O3. The summed E-state index contributed by atoms with van der Waals surface area (Å²) in [6.45, 7) is 1.37. The molecule has 1 aliphatic carbocycles. The van der Waals surface area contributed by atoms with E-state index in [4.69, 9.17) is 10.5 Å². The van der Waals surface area contributed by atoms with Gasteiger partial charge in [0.05, 0.1) is 5.70 Å². The first kappa shape index (κ1) is 8.68. The zero-order valence-corrected chi connectivity index (χ0v) is 7.48. The predicted molar refractivity (Wildman–Crippen MR) is 48.3 cm³/mol. The van der Waals surface area contributed by atoms with Crippen LogP contribution in [0.3, 0.4) is 0 Å². The molecule has 2 rings (SSSR count). The van der Waals surface area contributed by atoms with E-state index in [0.29, 0.717) is 5.71 Å². The van der Waals surface area contributed by atoms with E-state index in [1.165, 1.54) is 19.1 Å². The maximum Gasteiger partial charge on any atom is 0.249 e. The molecule has 0 aromatic heterocycles. The molecule has 0 aromatic carbocycles. The Kier molecular flexibility index (Phi) is 1.73. The standard InChI is InChI=1S/C9H8N2O3/c1-4(12)9-11-8-6(10)2-5(13)3-7(8)14-9/h2-3,9H,10H2,1H3. The van der Waals surface area contributed by atoms with Crippen molar-refractivity contribution in [3.63, 3.8) is 0 Å². The van der Waals surface area contributed by atoms with Crippen molar-refractivity contribution >= 4 is 17.3 Å². The highest BCUT2D eigenvalue weighted by molar-refractivity contribution is 6.22. The summed E-state index contributed by atoms with van der Waals surface area (Å²) in [5.74, 6) is -0.177. The smallest absolute Gasteiger partial charge is 0.249 e. The molecule has 72 valence electrons. The molecule has 0 fully saturated rings. The summed E-state index contributed by atoms with van der Waals surface area (Å²) in [5, 5.41) is 0. The van der Waals surface area contributed by atoms with Crippen molar-refractivity contribution in [2.24, 2.45) is 10.7 Å². The Morgan fingerprint density at radius 1 is 1.57 bits per heavy atom. The molecule has 5 heteroatoms. The van der Waals surface area contributed by atoms with E-state index in [0.717, 1.165) is 0 Å². The third-order valence-electron chi connectivity index (χ3n) is 1.91. The number of carbonyl (C=O) groups is 2. The average Bonchev–Trinajstić information content (AvgIpc) is 2.47. The van der Waals surface area contributed by atoms with Gasteiger partial charge in [-0.1, -0.05) is 0 Å². The van der Waals surface area contributed by atoms with Crippen LogP contribution in [0.4, 0.5) is 0 Å². The van der Waals surface area contributed by atoms with Crippen LogP contribution in [-0.4, -0.2) is 23.5 Å². The van der Waals surface area contributed by atoms with Crippen LogP contribution < -0.4 is 5.73 Å². The van der Waals surface area contributed by atoms with Gasteiger partial charge in [-0.05, 0) is 0 Å². The fourth-order valence-electron chi connectivity index (χ4n) is 1.27. The number of nitrogens with two attached hydrogens (primary N) is 1. The quantitative estimate of drug-likeness (QED) is 0.577. The molecule has 0 radical (unpaired) electrons. The van der Waals surface area contributed by atoms with E-state index in [9.17, 15) is 9.59 Å². The van der Waals surface area contributed by atoms with Crippen molar-refractivity contribution in [3.05, 3.63) is 23.6 Å². The second kappa shape index (κ2) is 2.80. The maximum absolute atomic E-state index is 11.0. The third kappa shape index (κ3) is 1.22. The van der Waals surface area contributed by atoms with E-state index in [1.807, 2.05) is 0 Å². The maximum atomic E-state index is 11.0. The lowest BCUT2D eigenvalue weighted by Gasteiger charge is -2.07. The van der Waals surface area contributed by atoms with Gasteiger partial charge in [-0.2, -0.15) is 0 Å². The summed E-state index contributed by atoms with van der Waals surface area (Å²) < 4.78 is 5.13. The highest BCUT2D eigenvalue weighted by atomic mass is 16.5. The van der Waals surface area contributed by atoms with Gasteiger partial charge < -0.3 is 10.5 Å². The lowest BCUT2D eigenvalue weighted by molar-refractivity contribution is -0.124. The molecule has 1 heterocycles. The first-order valence-corrected chi connectivity index (χ1v) is 4.06. The Morgan fingerprint density at radius 2 is 2.29 bits per heavy atom. The summed E-state index contributed by atoms with van der Waals surface area (Å²) in [6.07, 6.45) is 1.68. The van der Waals surface area contributed by atoms with Gasteiger partial charge in [0.25, 0.3) is 0 Å². The molecule has 0 spiro atoms. The lowest BCUT2D eigenvalue weighted by Crippen LogP contribution is -2.18. The van der Waals surface area contributed by atoms with E-state index in [2.05, 4.69) is 4.99 Å². The molecule has 0 aromatic rings. The monoisotopic (exact) mass is 192 g/mol. The summed E-state index contributed by atoms with van der Waals surface area (Å²) >= 11 is 0. The normalized spacial score (nSPS) is 24.5. The Bertz CT molecular complexity index is 418. The van der Waals surface area contributed by atoms with E-state index in [1.54, 1.807) is 0 Å². The van der Waals surface area contributed by atoms with Gasteiger partial charge in [-0.3, -0.25) is 9.59 Å². The number of carbonyl (C=O) groups excluding carboxylic acids is 2. The molecule has 0 amide bonds. The van der Waals surface area contributed by atoms with Crippen LogP contribution in [0.25, 0.3) is 0 Å². The Hall–Kier alpha value is -1.91. The van der Waals surface area contributed by atoms with Gasteiger partial charge in [0, 0.05) is 19.1 Å². The van der Waals surface area contributed by atoms with Crippen molar-refractivity contribution < 1.29 is 14.3 Å². The molecule has 1 aliphatic heterocycles. The number of allylic oxidation sites excluding steroid dienone is 2. The fourth-order valence-corrected chi connectivity index (χ4v) is 1.27. The topological polar surface area (TPSA) is 81.8 Å². The van der Waals surface area contributed by atoms with Crippen LogP contribution in [0.5, 0.6) is 0 Å². The van der Waals surface area contributed by atoms with Gasteiger partial charge in [0.2, 0.25) is 6.23 Å². The van der Waals surface area contributed by atoms with E-state index < -0.39 is 6.23 Å².